The summed E-state index contributed by atoms with van der Waals surface area (Å²) in [7, 11) is 3.57. The van der Waals surface area contributed by atoms with Gasteiger partial charge in [-0.05, 0) is 42.3 Å². The first-order valence-electron chi connectivity index (χ1n) is 11.1. The molecular formula is C26H29N3O3. The quantitative estimate of drug-likeness (QED) is 0.615. The standard InChI is InChI=1S/C26H29N3O3/c1-27(17-22-9-6-14-32-22)26(30)23-15-19-10-11-21(31-2)16-24(19)29-13-12-28(18-25(23)29)20-7-4-3-5-8-20/h3-11,14,16,23,25H,12-13,15,17-18H2,1-2H3. The van der Waals surface area contributed by atoms with Gasteiger partial charge in [-0.1, -0.05) is 24.3 Å². The van der Waals surface area contributed by atoms with Gasteiger partial charge in [-0.2, -0.15) is 0 Å². The number of hydrogen-bond donors (Lipinski definition) is 0. The third kappa shape index (κ3) is 3.81. The molecule has 0 spiro atoms. The van der Waals surface area contributed by atoms with E-state index in [9.17, 15) is 4.79 Å². The zero-order valence-corrected chi connectivity index (χ0v) is 18.6. The Morgan fingerprint density at radius 1 is 1.12 bits per heavy atom. The lowest BCUT2D eigenvalue weighted by Gasteiger charge is -2.50. The zero-order valence-electron chi connectivity index (χ0n) is 18.6. The van der Waals surface area contributed by atoms with E-state index in [0.29, 0.717) is 6.54 Å². The highest BCUT2D eigenvalue weighted by Crippen LogP contribution is 2.39. The summed E-state index contributed by atoms with van der Waals surface area (Å²) in [4.78, 5) is 20.3. The summed E-state index contributed by atoms with van der Waals surface area (Å²) in [6, 6.07) is 20.6. The molecule has 2 aliphatic heterocycles. The first kappa shape index (κ1) is 20.5. The SMILES string of the molecule is COc1ccc2c(c1)N1CCN(c3ccccc3)CC1C(C(=O)N(C)Cc1ccco1)C2. The lowest BCUT2D eigenvalue weighted by Crippen LogP contribution is -2.61. The van der Waals surface area contributed by atoms with Crippen LogP contribution in [0.5, 0.6) is 5.75 Å². The van der Waals surface area contributed by atoms with Gasteiger partial charge in [-0.15, -0.1) is 0 Å². The minimum atomic E-state index is -0.123. The normalized spacial score (nSPS) is 19.8. The van der Waals surface area contributed by atoms with Crippen LogP contribution in [0.25, 0.3) is 0 Å². The van der Waals surface area contributed by atoms with Crippen LogP contribution in [0.1, 0.15) is 11.3 Å². The number of carbonyl (C=O) groups excluding carboxylic acids is 1. The molecule has 2 unspecified atom stereocenters. The first-order valence-corrected chi connectivity index (χ1v) is 11.1. The molecule has 6 heteroatoms. The summed E-state index contributed by atoms with van der Waals surface area (Å²) in [5.74, 6) is 1.69. The van der Waals surface area contributed by atoms with Gasteiger partial charge in [0.15, 0.2) is 0 Å². The van der Waals surface area contributed by atoms with Crippen molar-refractivity contribution in [2.24, 2.45) is 5.92 Å². The Morgan fingerprint density at radius 2 is 1.97 bits per heavy atom. The predicted molar refractivity (Wildman–Crippen MR) is 125 cm³/mol. The molecule has 0 radical (unpaired) electrons. The van der Waals surface area contributed by atoms with Gasteiger partial charge < -0.3 is 23.9 Å². The van der Waals surface area contributed by atoms with Gasteiger partial charge in [0.2, 0.25) is 5.91 Å². The van der Waals surface area contributed by atoms with E-state index in [2.05, 4.69) is 46.2 Å². The van der Waals surface area contributed by atoms with Crippen molar-refractivity contribution in [2.75, 3.05) is 43.6 Å². The molecule has 166 valence electrons. The lowest BCUT2D eigenvalue weighted by atomic mass is 9.83. The van der Waals surface area contributed by atoms with Gasteiger partial charge in [0, 0.05) is 44.1 Å². The van der Waals surface area contributed by atoms with Crippen LogP contribution in [-0.2, 0) is 17.8 Å². The fraction of sp³-hybridized carbons (Fsp3) is 0.346. The van der Waals surface area contributed by atoms with Crippen molar-refractivity contribution in [3.05, 3.63) is 78.3 Å². The number of amides is 1. The molecule has 1 amide bonds. The largest absolute Gasteiger partial charge is 0.497 e. The third-order valence-corrected chi connectivity index (χ3v) is 6.71. The number of anilines is 2. The Labute approximate surface area is 189 Å². The summed E-state index contributed by atoms with van der Waals surface area (Å²) in [5.41, 5.74) is 3.61. The molecule has 3 aromatic rings. The number of para-hydroxylation sites is 1. The van der Waals surface area contributed by atoms with E-state index in [0.717, 1.165) is 37.6 Å². The summed E-state index contributed by atoms with van der Waals surface area (Å²) in [5, 5.41) is 0. The van der Waals surface area contributed by atoms with Crippen molar-refractivity contribution in [1.29, 1.82) is 0 Å². The summed E-state index contributed by atoms with van der Waals surface area (Å²) < 4.78 is 11.0. The Morgan fingerprint density at radius 3 is 2.72 bits per heavy atom. The van der Waals surface area contributed by atoms with E-state index in [1.54, 1.807) is 18.3 Å². The van der Waals surface area contributed by atoms with Gasteiger partial charge >= 0.3 is 0 Å². The van der Waals surface area contributed by atoms with Crippen LogP contribution >= 0.6 is 0 Å². The monoisotopic (exact) mass is 431 g/mol. The summed E-state index contributed by atoms with van der Waals surface area (Å²) in [6.07, 6.45) is 2.38. The van der Waals surface area contributed by atoms with Crippen LogP contribution < -0.4 is 14.5 Å². The molecule has 1 saturated heterocycles. The minimum absolute atomic E-state index is 0.0927. The smallest absolute Gasteiger partial charge is 0.228 e. The number of hydrogen-bond acceptors (Lipinski definition) is 5. The molecule has 3 heterocycles. The highest BCUT2D eigenvalue weighted by atomic mass is 16.5. The molecule has 0 aliphatic carbocycles. The molecule has 0 bridgehead atoms. The Kier molecular flexibility index (Phi) is 5.52. The molecule has 2 aliphatic rings. The maximum atomic E-state index is 13.7. The number of piperazine rings is 1. The lowest BCUT2D eigenvalue weighted by molar-refractivity contribution is -0.135. The number of ether oxygens (including phenoxy) is 1. The van der Waals surface area contributed by atoms with Gasteiger partial charge in [0.25, 0.3) is 0 Å². The van der Waals surface area contributed by atoms with Crippen molar-refractivity contribution in [2.45, 2.75) is 19.0 Å². The highest BCUT2D eigenvalue weighted by Gasteiger charge is 2.42. The molecule has 1 aromatic heterocycles. The summed E-state index contributed by atoms with van der Waals surface area (Å²) in [6.45, 7) is 3.07. The minimum Gasteiger partial charge on any atom is -0.497 e. The molecule has 2 atom stereocenters. The number of nitrogens with zero attached hydrogens (tertiary/aromatic N) is 3. The van der Waals surface area contributed by atoms with E-state index in [1.807, 2.05) is 31.3 Å². The van der Waals surface area contributed by atoms with Gasteiger partial charge in [0.05, 0.1) is 31.9 Å². The zero-order chi connectivity index (χ0) is 22.1. The number of methoxy groups -OCH3 is 1. The highest BCUT2D eigenvalue weighted by molar-refractivity contribution is 5.82. The van der Waals surface area contributed by atoms with Crippen LogP contribution in [0.4, 0.5) is 11.4 Å². The average Bonchev–Trinajstić information content (AvgIpc) is 3.36. The van der Waals surface area contributed by atoms with E-state index in [4.69, 9.17) is 9.15 Å². The molecule has 0 saturated carbocycles. The van der Waals surface area contributed by atoms with Crippen LogP contribution in [-0.4, -0.2) is 50.6 Å². The van der Waals surface area contributed by atoms with E-state index in [-0.39, 0.29) is 17.9 Å². The number of rotatable bonds is 5. The second-order valence-electron chi connectivity index (χ2n) is 8.62. The average molecular weight is 432 g/mol. The maximum Gasteiger partial charge on any atom is 0.228 e. The van der Waals surface area contributed by atoms with Gasteiger partial charge in [-0.3, -0.25) is 4.79 Å². The Bertz CT molecular complexity index is 1070. The predicted octanol–water partition coefficient (Wildman–Crippen LogP) is 3.81. The van der Waals surface area contributed by atoms with Crippen LogP contribution in [0.15, 0.2) is 71.3 Å². The molecule has 32 heavy (non-hydrogen) atoms. The van der Waals surface area contributed by atoms with Gasteiger partial charge in [-0.25, -0.2) is 0 Å². The molecular weight excluding hydrogens is 402 g/mol. The number of benzene rings is 2. The van der Waals surface area contributed by atoms with Crippen molar-refractivity contribution in [3.8, 4) is 5.75 Å². The molecule has 5 rings (SSSR count). The number of carbonyl (C=O) groups is 1. The van der Waals surface area contributed by atoms with Crippen molar-refractivity contribution in [1.82, 2.24) is 4.90 Å². The van der Waals surface area contributed by atoms with Crippen LogP contribution in [0.3, 0.4) is 0 Å². The molecule has 1 fully saturated rings. The van der Waals surface area contributed by atoms with E-state index >= 15 is 0 Å². The Balaban J connectivity index is 1.46. The molecule has 6 nitrogen and oxygen atoms in total. The van der Waals surface area contributed by atoms with Crippen LogP contribution in [0, 0.1) is 5.92 Å². The van der Waals surface area contributed by atoms with Crippen molar-refractivity contribution >= 4 is 17.3 Å². The van der Waals surface area contributed by atoms with Gasteiger partial charge in [0.1, 0.15) is 11.5 Å². The van der Waals surface area contributed by atoms with Crippen molar-refractivity contribution < 1.29 is 13.9 Å². The van der Waals surface area contributed by atoms with E-state index < -0.39 is 0 Å². The number of furan rings is 1. The first-order chi connectivity index (χ1) is 15.6. The third-order valence-electron chi connectivity index (χ3n) is 6.71. The van der Waals surface area contributed by atoms with Crippen LogP contribution in [0.2, 0.25) is 0 Å². The maximum absolute atomic E-state index is 13.7. The fourth-order valence-electron chi connectivity index (χ4n) is 5.06. The summed E-state index contributed by atoms with van der Waals surface area (Å²) >= 11 is 0. The second-order valence-corrected chi connectivity index (χ2v) is 8.62. The van der Waals surface area contributed by atoms with Crippen molar-refractivity contribution in [3.63, 3.8) is 0 Å². The second kappa shape index (κ2) is 8.61. The Hall–Kier alpha value is -3.41. The van der Waals surface area contributed by atoms with E-state index in [1.165, 1.54) is 16.9 Å². The molecule has 2 aromatic carbocycles. The topological polar surface area (TPSA) is 49.2 Å². The molecule has 0 N–H and O–H groups in total. The fourth-order valence-corrected chi connectivity index (χ4v) is 5.06. The number of fused-ring (bicyclic) bond motifs is 3.